The summed E-state index contributed by atoms with van der Waals surface area (Å²) in [7, 11) is 0. The lowest BCUT2D eigenvalue weighted by atomic mass is 9.89. The molecule has 0 amide bonds. The van der Waals surface area contributed by atoms with Crippen molar-refractivity contribution in [1.29, 1.82) is 0 Å². The molecule has 0 aliphatic carbocycles. The van der Waals surface area contributed by atoms with Crippen molar-refractivity contribution in [2.24, 2.45) is 5.92 Å². The Morgan fingerprint density at radius 1 is 1.08 bits per heavy atom. The first kappa shape index (κ1) is 20.0. The van der Waals surface area contributed by atoms with Crippen LogP contribution in [-0.2, 0) is 23.8 Å². The number of ether oxygens (including phenoxy) is 4. The number of benzene rings is 1. The minimum absolute atomic E-state index is 0.130. The van der Waals surface area contributed by atoms with Gasteiger partial charge in [0.1, 0.15) is 11.9 Å². The van der Waals surface area contributed by atoms with Crippen molar-refractivity contribution >= 4 is 34.5 Å². The molecular weight excluding hydrogens is 439 g/mol. The molecular formula is C18H23IO6. The first-order chi connectivity index (χ1) is 11.8. The molecule has 25 heavy (non-hydrogen) atoms. The van der Waals surface area contributed by atoms with E-state index < -0.39 is 30.4 Å². The highest BCUT2D eigenvalue weighted by Gasteiger charge is 2.48. The summed E-state index contributed by atoms with van der Waals surface area (Å²) in [5.74, 6) is -0.453. The van der Waals surface area contributed by atoms with Crippen LogP contribution in [0.15, 0.2) is 24.3 Å². The van der Waals surface area contributed by atoms with Crippen LogP contribution in [0.4, 0.5) is 0 Å². The van der Waals surface area contributed by atoms with Crippen molar-refractivity contribution in [1.82, 2.24) is 0 Å². The van der Waals surface area contributed by atoms with Gasteiger partial charge in [-0.3, -0.25) is 9.59 Å². The van der Waals surface area contributed by atoms with Gasteiger partial charge in [0.15, 0.2) is 0 Å². The molecule has 1 fully saturated rings. The lowest BCUT2D eigenvalue weighted by Crippen LogP contribution is -2.58. The summed E-state index contributed by atoms with van der Waals surface area (Å²) in [4.78, 5) is 23.1. The maximum absolute atomic E-state index is 11.6. The summed E-state index contributed by atoms with van der Waals surface area (Å²) in [5.41, 5.74) is 0. The number of esters is 2. The predicted octanol–water partition coefficient (Wildman–Crippen LogP) is 3.30. The highest BCUT2D eigenvalue weighted by Crippen LogP contribution is 2.33. The summed E-state index contributed by atoms with van der Waals surface area (Å²) in [6, 6.07) is 7.44. The number of hydrogen-bond acceptors (Lipinski definition) is 6. The zero-order valence-electron chi connectivity index (χ0n) is 14.7. The zero-order chi connectivity index (χ0) is 18.6. The lowest BCUT2D eigenvalue weighted by Gasteiger charge is -2.43. The molecule has 0 N–H and O–H groups in total. The van der Waals surface area contributed by atoms with E-state index in [0.717, 1.165) is 9.99 Å². The molecule has 5 atom stereocenters. The van der Waals surface area contributed by atoms with Gasteiger partial charge >= 0.3 is 11.9 Å². The molecule has 0 saturated carbocycles. The van der Waals surface area contributed by atoms with Crippen molar-refractivity contribution in [2.45, 2.75) is 58.7 Å². The quantitative estimate of drug-likeness (QED) is 0.494. The second kappa shape index (κ2) is 8.84. The first-order valence-electron chi connectivity index (χ1n) is 8.24. The standard InChI is InChI=1S/C18H23IO6/c1-5-15-10(2)16(22-11(3)20)17(23-12(4)21)18(25-15)24-14-8-6-13(19)7-9-14/h6-10,15-18H,5H2,1-4H3/t10-,15-,16+,17+,18+/m1/s1. The molecule has 1 aromatic carbocycles. The van der Waals surface area contributed by atoms with Crippen molar-refractivity contribution in [3.8, 4) is 5.75 Å². The second-order valence-corrected chi connectivity index (χ2v) is 7.28. The molecule has 0 radical (unpaired) electrons. The SMILES string of the molecule is CC[C@H]1O[C@H](Oc2ccc(I)cc2)[C@@H](OC(C)=O)[C@@H](OC(C)=O)[C@@H]1C. The normalized spacial score (nSPS) is 28.9. The Labute approximate surface area is 161 Å². The third-order valence-corrected chi connectivity index (χ3v) is 4.80. The van der Waals surface area contributed by atoms with Crippen LogP contribution in [0.5, 0.6) is 5.75 Å². The summed E-state index contributed by atoms with van der Waals surface area (Å²) >= 11 is 2.20. The van der Waals surface area contributed by atoms with Crippen molar-refractivity contribution in [3.05, 3.63) is 27.8 Å². The van der Waals surface area contributed by atoms with Gasteiger partial charge in [0.2, 0.25) is 12.4 Å². The second-order valence-electron chi connectivity index (χ2n) is 6.03. The molecule has 0 unspecified atom stereocenters. The molecule has 0 aromatic heterocycles. The van der Waals surface area contributed by atoms with Gasteiger partial charge in [-0.15, -0.1) is 0 Å². The monoisotopic (exact) mass is 462 g/mol. The fraction of sp³-hybridized carbons (Fsp3) is 0.556. The fourth-order valence-corrected chi connectivity index (χ4v) is 3.29. The van der Waals surface area contributed by atoms with E-state index in [2.05, 4.69) is 22.6 Å². The van der Waals surface area contributed by atoms with Crippen LogP contribution >= 0.6 is 22.6 Å². The molecule has 1 aliphatic rings. The van der Waals surface area contributed by atoms with E-state index in [1.807, 2.05) is 38.1 Å². The highest BCUT2D eigenvalue weighted by atomic mass is 127. The maximum Gasteiger partial charge on any atom is 0.303 e. The van der Waals surface area contributed by atoms with Gasteiger partial charge < -0.3 is 18.9 Å². The number of carbonyl (C=O) groups excluding carboxylic acids is 2. The Morgan fingerprint density at radius 2 is 1.64 bits per heavy atom. The van der Waals surface area contributed by atoms with Gasteiger partial charge in [0.05, 0.1) is 6.10 Å². The number of halogens is 1. The van der Waals surface area contributed by atoms with Crippen LogP contribution < -0.4 is 4.74 Å². The van der Waals surface area contributed by atoms with E-state index in [1.165, 1.54) is 13.8 Å². The van der Waals surface area contributed by atoms with Gasteiger partial charge in [0.25, 0.3) is 0 Å². The molecule has 1 aromatic rings. The van der Waals surface area contributed by atoms with Gasteiger partial charge in [-0.2, -0.15) is 0 Å². The van der Waals surface area contributed by atoms with Crippen LogP contribution in [0.25, 0.3) is 0 Å². The summed E-state index contributed by atoms with van der Waals surface area (Å²) < 4.78 is 23.9. The molecule has 1 saturated heterocycles. The first-order valence-corrected chi connectivity index (χ1v) is 9.31. The Bertz CT molecular complexity index is 602. The zero-order valence-corrected chi connectivity index (χ0v) is 16.9. The number of rotatable bonds is 5. The van der Waals surface area contributed by atoms with Crippen LogP contribution in [0.3, 0.4) is 0 Å². The average molecular weight is 462 g/mol. The van der Waals surface area contributed by atoms with E-state index >= 15 is 0 Å². The van der Waals surface area contributed by atoms with Crippen LogP contribution in [0, 0.1) is 9.49 Å². The molecule has 2 rings (SSSR count). The predicted molar refractivity (Wildman–Crippen MR) is 99.0 cm³/mol. The van der Waals surface area contributed by atoms with E-state index in [-0.39, 0.29) is 12.0 Å². The molecule has 7 heteroatoms. The largest absolute Gasteiger partial charge is 0.461 e. The highest BCUT2D eigenvalue weighted by molar-refractivity contribution is 14.1. The van der Waals surface area contributed by atoms with Crippen molar-refractivity contribution in [2.75, 3.05) is 0 Å². The van der Waals surface area contributed by atoms with Crippen molar-refractivity contribution in [3.63, 3.8) is 0 Å². The van der Waals surface area contributed by atoms with Crippen LogP contribution in [0.1, 0.15) is 34.1 Å². The molecule has 0 bridgehead atoms. The van der Waals surface area contributed by atoms with Crippen LogP contribution in [-0.4, -0.2) is 36.5 Å². The molecule has 1 aliphatic heterocycles. The molecule has 6 nitrogen and oxygen atoms in total. The maximum atomic E-state index is 11.6. The Morgan fingerprint density at radius 3 is 2.16 bits per heavy atom. The van der Waals surface area contributed by atoms with E-state index in [0.29, 0.717) is 5.75 Å². The van der Waals surface area contributed by atoms with Gasteiger partial charge in [-0.1, -0.05) is 13.8 Å². The van der Waals surface area contributed by atoms with E-state index in [1.54, 1.807) is 0 Å². The van der Waals surface area contributed by atoms with E-state index in [9.17, 15) is 9.59 Å². The van der Waals surface area contributed by atoms with Crippen molar-refractivity contribution < 1.29 is 28.5 Å². The Kier molecular flexibility index (Phi) is 7.06. The van der Waals surface area contributed by atoms with Gasteiger partial charge in [-0.05, 0) is 53.3 Å². The summed E-state index contributed by atoms with van der Waals surface area (Å²) in [6.45, 7) is 6.55. The van der Waals surface area contributed by atoms with Gasteiger partial charge in [-0.25, -0.2) is 0 Å². The fourth-order valence-electron chi connectivity index (χ4n) is 2.93. The molecule has 0 spiro atoms. The minimum atomic E-state index is -0.852. The summed E-state index contributed by atoms with van der Waals surface area (Å²) in [6.07, 6.45) is -1.77. The van der Waals surface area contributed by atoms with E-state index in [4.69, 9.17) is 18.9 Å². The Balaban J connectivity index is 2.29. The third kappa shape index (κ3) is 5.31. The van der Waals surface area contributed by atoms with Crippen LogP contribution in [0.2, 0.25) is 0 Å². The lowest BCUT2D eigenvalue weighted by molar-refractivity contribution is -0.266. The van der Waals surface area contributed by atoms with Gasteiger partial charge in [0, 0.05) is 23.3 Å². The summed E-state index contributed by atoms with van der Waals surface area (Å²) in [5, 5.41) is 0. The average Bonchev–Trinajstić information content (AvgIpc) is 2.54. The third-order valence-electron chi connectivity index (χ3n) is 4.08. The smallest absolute Gasteiger partial charge is 0.303 e. The number of hydrogen-bond donors (Lipinski definition) is 0. The topological polar surface area (TPSA) is 71.1 Å². The molecule has 138 valence electrons. The molecule has 1 heterocycles. The minimum Gasteiger partial charge on any atom is -0.461 e. The Hall–Kier alpha value is -1.35. The number of carbonyl (C=O) groups is 2.